The monoisotopic (exact) mass is 389 g/mol. The van der Waals surface area contributed by atoms with Crippen LogP contribution in [0.4, 0.5) is 14.9 Å². The highest BCUT2D eigenvalue weighted by Crippen LogP contribution is 2.36. The highest BCUT2D eigenvalue weighted by atomic mass is 19.1. The predicted octanol–water partition coefficient (Wildman–Crippen LogP) is 3.28. The van der Waals surface area contributed by atoms with E-state index in [0.29, 0.717) is 13.1 Å². The summed E-state index contributed by atoms with van der Waals surface area (Å²) in [6.07, 6.45) is 3.50. The fourth-order valence-electron chi connectivity index (χ4n) is 3.72. The van der Waals surface area contributed by atoms with E-state index in [9.17, 15) is 14.0 Å². The summed E-state index contributed by atoms with van der Waals surface area (Å²) in [4.78, 5) is 30.1. The number of carbonyl (C=O) groups excluding carboxylic acids is 2. The first-order chi connectivity index (χ1) is 13.0. The zero-order valence-corrected chi connectivity index (χ0v) is 17.1. The average molecular weight is 389 g/mol. The van der Waals surface area contributed by atoms with Gasteiger partial charge in [-0.15, -0.1) is 0 Å². The molecule has 152 valence electrons. The minimum absolute atomic E-state index is 0.0570. The Hall–Kier alpha value is -2.57. The standard InChI is InChI=1S/C21H28FN3O3/c1-21(2,3)28-20(27)25-13-15-10-16(25)12-24(15)14-6-7-17(18(22)11-14)19(26)8-9-23(4)5/h6-9,11,15-16H,10,12-13H2,1-5H3. The maximum atomic E-state index is 14.5. The van der Waals surface area contributed by atoms with Gasteiger partial charge >= 0.3 is 6.09 Å². The maximum absolute atomic E-state index is 14.5. The molecule has 6 nitrogen and oxygen atoms in total. The highest BCUT2D eigenvalue weighted by Gasteiger charge is 2.46. The van der Waals surface area contributed by atoms with Crippen LogP contribution in [0.2, 0.25) is 0 Å². The second kappa shape index (κ2) is 7.45. The largest absolute Gasteiger partial charge is 0.444 e. The van der Waals surface area contributed by atoms with Gasteiger partial charge in [0.15, 0.2) is 5.78 Å². The number of rotatable bonds is 4. The van der Waals surface area contributed by atoms with Crippen molar-refractivity contribution in [3.8, 4) is 0 Å². The van der Waals surface area contributed by atoms with Gasteiger partial charge < -0.3 is 19.4 Å². The maximum Gasteiger partial charge on any atom is 0.410 e. The molecule has 0 aliphatic carbocycles. The van der Waals surface area contributed by atoms with Crippen molar-refractivity contribution < 1.29 is 18.7 Å². The van der Waals surface area contributed by atoms with Gasteiger partial charge in [-0.25, -0.2) is 9.18 Å². The number of anilines is 1. The molecule has 2 saturated heterocycles. The molecule has 7 heteroatoms. The number of allylic oxidation sites excluding steroid dienone is 1. The molecule has 2 bridgehead atoms. The van der Waals surface area contributed by atoms with Crippen molar-refractivity contribution >= 4 is 17.6 Å². The summed E-state index contributed by atoms with van der Waals surface area (Å²) in [5, 5.41) is 0. The van der Waals surface area contributed by atoms with Crippen LogP contribution in [0.3, 0.4) is 0 Å². The molecule has 0 N–H and O–H groups in total. The molecule has 2 aliphatic heterocycles. The minimum Gasteiger partial charge on any atom is -0.444 e. The van der Waals surface area contributed by atoms with E-state index in [1.807, 2.05) is 20.8 Å². The number of benzene rings is 1. The summed E-state index contributed by atoms with van der Waals surface area (Å²) in [5.74, 6) is -0.894. The van der Waals surface area contributed by atoms with Gasteiger partial charge in [-0.1, -0.05) is 0 Å². The summed E-state index contributed by atoms with van der Waals surface area (Å²) in [5.41, 5.74) is 0.272. The third-order valence-electron chi connectivity index (χ3n) is 4.94. The molecule has 3 rings (SSSR count). The molecular formula is C21H28FN3O3. The molecule has 1 aromatic carbocycles. The number of hydrogen-bond acceptors (Lipinski definition) is 5. The van der Waals surface area contributed by atoms with Crippen molar-refractivity contribution in [2.75, 3.05) is 32.1 Å². The number of halogens is 1. The van der Waals surface area contributed by atoms with Crippen LogP contribution < -0.4 is 4.90 Å². The van der Waals surface area contributed by atoms with Crippen molar-refractivity contribution in [2.24, 2.45) is 0 Å². The molecule has 2 unspecified atom stereocenters. The van der Waals surface area contributed by atoms with E-state index < -0.39 is 11.4 Å². The Kier molecular flexibility index (Phi) is 5.37. The van der Waals surface area contributed by atoms with Crippen LogP contribution in [0.15, 0.2) is 30.5 Å². The smallest absolute Gasteiger partial charge is 0.410 e. The number of carbonyl (C=O) groups is 2. The molecule has 0 saturated carbocycles. The first-order valence-corrected chi connectivity index (χ1v) is 9.50. The molecule has 28 heavy (non-hydrogen) atoms. The van der Waals surface area contributed by atoms with Crippen molar-refractivity contribution in [2.45, 2.75) is 44.9 Å². The fraction of sp³-hybridized carbons (Fsp3) is 0.524. The van der Waals surface area contributed by atoms with E-state index in [4.69, 9.17) is 4.74 Å². The second-order valence-corrected chi connectivity index (χ2v) is 8.64. The second-order valence-electron chi connectivity index (χ2n) is 8.64. The average Bonchev–Trinajstić information content (AvgIpc) is 3.18. The number of amides is 1. The molecule has 2 heterocycles. The van der Waals surface area contributed by atoms with Crippen molar-refractivity contribution in [1.29, 1.82) is 0 Å². The Morgan fingerprint density at radius 2 is 1.93 bits per heavy atom. The lowest BCUT2D eigenvalue weighted by molar-refractivity contribution is 0.0214. The lowest BCUT2D eigenvalue weighted by Gasteiger charge is -2.36. The van der Waals surface area contributed by atoms with Crippen LogP contribution >= 0.6 is 0 Å². The molecular weight excluding hydrogens is 361 g/mol. The number of ketones is 1. The molecule has 2 atom stereocenters. The van der Waals surface area contributed by atoms with E-state index in [1.54, 1.807) is 36.2 Å². The van der Waals surface area contributed by atoms with Crippen LogP contribution in [0.1, 0.15) is 37.6 Å². The number of nitrogens with zero attached hydrogens (tertiary/aromatic N) is 3. The van der Waals surface area contributed by atoms with Gasteiger partial charge in [-0.2, -0.15) is 0 Å². The Morgan fingerprint density at radius 1 is 1.21 bits per heavy atom. The van der Waals surface area contributed by atoms with E-state index in [-0.39, 0.29) is 29.5 Å². The number of fused-ring (bicyclic) bond motifs is 2. The topological polar surface area (TPSA) is 53.1 Å². The number of ether oxygens (including phenoxy) is 1. The lowest BCUT2D eigenvalue weighted by atomic mass is 10.1. The Bertz CT molecular complexity index is 801. The van der Waals surface area contributed by atoms with E-state index in [1.165, 1.54) is 18.2 Å². The molecule has 1 aromatic rings. The zero-order valence-electron chi connectivity index (χ0n) is 17.1. The summed E-state index contributed by atoms with van der Waals surface area (Å²) >= 11 is 0. The quantitative estimate of drug-likeness (QED) is 0.584. The molecule has 2 fully saturated rings. The van der Waals surface area contributed by atoms with E-state index in [0.717, 1.165) is 12.1 Å². The zero-order chi connectivity index (χ0) is 20.6. The van der Waals surface area contributed by atoms with Crippen LogP contribution in [-0.4, -0.2) is 66.5 Å². The Labute approximate surface area is 165 Å². The molecule has 2 aliphatic rings. The summed E-state index contributed by atoms with van der Waals surface area (Å²) in [6.45, 7) is 6.76. The van der Waals surface area contributed by atoms with Gasteiger partial charge in [0.05, 0.1) is 11.6 Å². The van der Waals surface area contributed by atoms with Crippen molar-refractivity contribution in [3.63, 3.8) is 0 Å². The normalized spacial score (nSPS) is 21.5. The Morgan fingerprint density at radius 3 is 2.46 bits per heavy atom. The number of piperazine rings is 1. The molecule has 0 spiro atoms. The Balaban J connectivity index is 1.68. The number of hydrogen-bond donors (Lipinski definition) is 0. The molecule has 0 aromatic heterocycles. The van der Waals surface area contributed by atoms with Gasteiger partial charge in [0.2, 0.25) is 0 Å². The lowest BCUT2D eigenvalue weighted by Crippen LogP contribution is -2.50. The van der Waals surface area contributed by atoms with Crippen molar-refractivity contribution in [3.05, 3.63) is 41.9 Å². The van der Waals surface area contributed by atoms with E-state index in [2.05, 4.69) is 4.90 Å². The summed E-state index contributed by atoms with van der Waals surface area (Å²) in [7, 11) is 3.60. The van der Waals surface area contributed by atoms with Gasteiger partial charge in [-0.3, -0.25) is 4.79 Å². The van der Waals surface area contributed by atoms with E-state index >= 15 is 0 Å². The first-order valence-electron chi connectivity index (χ1n) is 9.50. The van der Waals surface area contributed by atoms with Gasteiger partial charge in [0, 0.05) is 51.2 Å². The highest BCUT2D eigenvalue weighted by molar-refractivity contribution is 6.04. The van der Waals surface area contributed by atoms with Crippen LogP contribution in [-0.2, 0) is 4.74 Å². The third-order valence-corrected chi connectivity index (χ3v) is 4.94. The van der Waals surface area contributed by atoms with Gasteiger partial charge in [-0.05, 0) is 45.4 Å². The summed E-state index contributed by atoms with van der Waals surface area (Å²) in [6, 6.07) is 4.91. The number of likely N-dealkylation sites (tertiary alicyclic amines) is 1. The fourth-order valence-corrected chi connectivity index (χ4v) is 3.72. The van der Waals surface area contributed by atoms with Crippen molar-refractivity contribution in [1.82, 2.24) is 9.80 Å². The predicted molar refractivity (Wildman–Crippen MR) is 106 cm³/mol. The van der Waals surface area contributed by atoms with Gasteiger partial charge in [0.25, 0.3) is 0 Å². The minimum atomic E-state index is -0.530. The molecule has 0 radical (unpaired) electrons. The van der Waals surface area contributed by atoms with Crippen LogP contribution in [0, 0.1) is 5.82 Å². The van der Waals surface area contributed by atoms with Crippen LogP contribution in [0.5, 0.6) is 0 Å². The third kappa shape index (κ3) is 4.29. The SMILES string of the molecule is CN(C)C=CC(=O)c1ccc(N2CC3CC2CN3C(=O)OC(C)(C)C)cc1F. The van der Waals surface area contributed by atoms with Gasteiger partial charge in [0.1, 0.15) is 11.4 Å². The van der Waals surface area contributed by atoms with Crippen LogP contribution in [0.25, 0.3) is 0 Å². The summed E-state index contributed by atoms with van der Waals surface area (Å²) < 4.78 is 20.0. The molecule has 1 amide bonds. The first kappa shape index (κ1) is 20.2.